The van der Waals surface area contributed by atoms with E-state index >= 15 is 0 Å². The van der Waals surface area contributed by atoms with Crippen molar-refractivity contribution in [2.24, 2.45) is 0 Å². The fourth-order valence-electron chi connectivity index (χ4n) is 1.86. The summed E-state index contributed by atoms with van der Waals surface area (Å²) in [5.41, 5.74) is 1.78. The Morgan fingerprint density at radius 1 is 1.06 bits per heavy atom. The van der Waals surface area contributed by atoms with Crippen LogP contribution in [0.2, 0.25) is 0 Å². The fraction of sp³-hybridized carbons (Fsp3) is 0.0667. The first-order valence-corrected chi connectivity index (χ1v) is 5.66. The lowest BCUT2D eigenvalue weighted by atomic mass is 10.2. The highest BCUT2D eigenvalue weighted by Crippen LogP contribution is 2.22. The third-order valence-corrected chi connectivity index (χ3v) is 2.75. The summed E-state index contributed by atoms with van der Waals surface area (Å²) in [5, 5.41) is 1.02. The molecular weight excluding hydrogens is 231 g/mol. The number of furan rings is 1. The fourth-order valence-corrected chi connectivity index (χ4v) is 1.86. The van der Waals surface area contributed by atoms with E-state index in [1.807, 2.05) is 24.3 Å². The third-order valence-electron chi connectivity index (χ3n) is 2.75. The molecule has 0 saturated heterocycles. The van der Waals surface area contributed by atoms with E-state index in [2.05, 4.69) is 0 Å². The van der Waals surface area contributed by atoms with E-state index < -0.39 is 0 Å². The second-order valence-corrected chi connectivity index (χ2v) is 4.00. The van der Waals surface area contributed by atoms with Crippen LogP contribution in [-0.2, 0) is 6.61 Å². The molecule has 0 bridgehead atoms. The van der Waals surface area contributed by atoms with Gasteiger partial charge in [-0.15, -0.1) is 0 Å². The Balaban J connectivity index is 1.81. The van der Waals surface area contributed by atoms with Crippen LogP contribution >= 0.6 is 0 Å². The van der Waals surface area contributed by atoms with Crippen molar-refractivity contribution in [2.45, 2.75) is 6.61 Å². The number of rotatable bonds is 3. The van der Waals surface area contributed by atoms with Gasteiger partial charge in [0.2, 0.25) is 0 Å². The average molecular weight is 242 g/mol. The molecule has 0 atom stereocenters. The molecule has 0 aliphatic heterocycles. The zero-order chi connectivity index (χ0) is 12.4. The van der Waals surface area contributed by atoms with Crippen molar-refractivity contribution >= 4 is 11.0 Å². The minimum Gasteiger partial charge on any atom is -0.489 e. The summed E-state index contributed by atoms with van der Waals surface area (Å²) < 4.78 is 23.9. The molecule has 2 nitrogen and oxygen atoms in total. The average Bonchev–Trinajstić information content (AvgIpc) is 2.80. The molecule has 0 saturated carbocycles. The Hall–Kier alpha value is -2.29. The predicted molar refractivity (Wildman–Crippen MR) is 66.9 cm³/mol. The van der Waals surface area contributed by atoms with Crippen LogP contribution in [0, 0.1) is 5.82 Å². The lowest BCUT2D eigenvalue weighted by Crippen LogP contribution is -1.94. The first-order chi connectivity index (χ1) is 8.83. The number of hydrogen-bond donors (Lipinski definition) is 0. The van der Waals surface area contributed by atoms with Crippen LogP contribution in [0.15, 0.2) is 59.2 Å². The van der Waals surface area contributed by atoms with Gasteiger partial charge in [0, 0.05) is 17.0 Å². The number of benzene rings is 2. The highest BCUT2D eigenvalue weighted by atomic mass is 19.1. The molecule has 0 fully saturated rings. The molecule has 0 aliphatic carbocycles. The third kappa shape index (κ3) is 2.07. The van der Waals surface area contributed by atoms with Crippen molar-refractivity contribution in [3.8, 4) is 5.75 Å². The Labute approximate surface area is 104 Å². The SMILES string of the molecule is Fc1cccc(OCc2coc3ccccc23)c1. The van der Waals surface area contributed by atoms with Crippen LogP contribution in [-0.4, -0.2) is 0 Å². The van der Waals surface area contributed by atoms with Crippen LogP contribution in [0.4, 0.5) is 4.39 Å². The molecule has 0 N–H and O–H groups in total. The monoisotopic (exact) mass is 242 g/mol. The summed E-state index contributed by atoms with van der Waals surface area (Å²) in [4.78, 5) is 0. The van der Waals surface area contributed by atoms with E-state index in [0.717, 1.165) is 16.5 Å². The van der Waals surface area contributed by atoms with E-state index in [4.69, 9.17) is 9.15 Å². The van der Waals surface area contributed by atoms with Gasteiger partial charge in [0.05, 0.1) is 6.26 Å². The lowest BCUT2D eigenvalue weighted by Gasteiger charge is -2.04. The summed E-state index contributed by atoms with van der Waals surface area (Å²) in [6.45, 7) is 0.362. The Bertz CT molecular complexity index is 673. The molecular formula is C15H11FO2. The Morgan fingerprint density at radius 2 is 1.94 bits per heavy atom. The number of para-hydroxylation sites is 1. The highest BCUT2D eigenvalue weighted by Gasteiger charge is 2.05. The lowest BCUT2D eigenvalue weighted by molar-refractivity contribution is 0.304. The van der Waals surface area contributed by atoms with Crippen molar-refractivity contribution in [2.75, 3.05) is 0 Å². The minimum absolute atomic E-state index is 0.301. The molecule has 0 spiro atoms. The minimum atomic E-state index is -0.301. The molecule has 0 radical (unpaired) electrons. The number of ether oxygens (including phenoxy) is 1. The molecule has 90 valence electrons. The van der Waals surface area contributed by atoms with Crippen molar-refractivity contribution in [3.63, 3.8) is 0 Å². The van der Waals surface area contributed by atoms with Gasteiger partial charge in [-0.25, -0.2) is 4.39 Å². The van der Waals surface area contributed by atoms with Gasteiger partial charge in [-0.05, 0) is 18.2 Å². The van der Waals surface area contributed by atoms with Crippen LogP contribution in [0.3, 0.4) is 0 Å². The van der Waals surface area contributed by atoms with Crippen molar-refractivity contribution in [3.05, 3.63) is 66.2 Å². The van der Waals surface area contributed by atoms with Crippen LogP contribution in [0.25, 0.3) is 11.0 Å². The van der Waals surface area contributed by atoms with Gasteiger partial charge >= 0.3 is 0 Å². The van der Waals surface area contributed by atoms with Crippen molar-refractivity contribution in [1.29, 1.82) is 0 Å². The number of fused-ring (bicyclic) bond motifs is 1. The van der Waals surface area contributed by atoms with E-state index in [-0.39, 0.29) is 5.82 Å². The van der Waals surface area contributed by atoms with Crippen LogP contribution in [0.5, 0.6) is 5.75 Å². The first-order valence-electron chi connectivity index (χ1n) is 5.66. The van der Waals surface area contributed by atoms with E-state index in [1.165, 1.54) is 12.1 Å². The van der Waals surface area contributed by atoms with Crippen LogP contribution in [0.1, 0.15) is 5.56 Å². The molecule has 3 heteroatoms. The smallest absolute Gasteiger partial charge is 0.134 e. The molecule has 0 aliphatic rings. The number of halogens is 1. The molecule has 3 aromatic rings. The zero-order valence-electron chi connectivity index (χ0n) is 9.60. The van der Waals surface area contributed by atoms with E-state index in [1.54, 1.807) is 18.4 Å². The summed E-state index contributed by atoms with van der Waals surface area (Å²) in [6.07, 6.45) is 1.67. The van der Waals surface area contributed by atoms with Crippen molar-refractivity contribution in [1.82, 2.24) is 0 Å². The van der Waals surface area contributed by atoms with Gasteiger partial charge in [-0.1, -0.05) is 24.3 Å². The molecule has 2 aromatic carbocycles. The summed E-state index contributed by atoms with van der Waals surface area (Å²) in [5.74, 6) is 0.213. The van der Waals surface area contributed by atoms with Gasteiger partial charge in [0.15, 0.2) is 0 Å². The second kappa shape index (κ2) is 4.53. The molecule has 1 heterocycles. The Morgan fingerprint density at radius 3 is 2.83 bits per heavy atom. The maximum absolute atomic E-state index is 13.0. The normalized spacial score (nSPS) is 10.7. The van der Waals surface area contributed by atoms with Gasteiger partial charge in [0.1, 0.15) is 23.8 Å². The highest BCUT2D eigenvalue weighted by molar-refractivity contribution is 5.80. The maximum Gasteiger partial charge on any atom is 0.134 e. The Kier molecular flexibility index (Phi) is 2.73. The maximum atomic E-state index is 13.0. The summed E-state index contributed by atoms with van der Waals surface area (Å²) in [6, 6.07) is 13.8. The van der Waals surface area contributed by atoms with Gasteiger partial charge in [-0.3, -0.25) is 0 Å². The molecule has 3 rings (SSSR count). The number of hydrogen-bond acceptors (Lipinski definition) is 2. The van der Waals surface area contributed by atoms with Gasteiger partial charge < -0.3 is 9.15 Å². The van der Waals surface area contributed by atoms with Crippen LogP contribution < -0.4 is 4.74 Å². The van der Waals surface area contributed by atoms with Crippen molar-refractivity contribution < 1.29 is 13.5 Å². The molecule has 0 amide bonds. The van der Waals surface area contributed by atoms with E-state index in [0.29, 0.717) is 12.4 Å². The summed E-state index contributed by atoms with van der Waals surface area (Å²) >= 11 is 0. The summed E-state index contributed by atoms with van der Waals surface area (Å²) in [7, 11) is 0. The zero-order valence-corrected chi connectivity index (χ0v) is 9.60. The molecule has 1 aromatic heterocycles. The van der Waals surface area contributed by atoms with Gasteiger partial charge in [0.25, 0.3) is 0 Å². The molecule has 0 unspecified atom stereocenters. The second-order valence-electron chi connectivity index (χ2n) is 4.00. The standard InChI is InChI=1S/C15H11FO2/c16-12-4-3-5-13(8-12)17-9-11-10-18-15-7-2-1-6-14(11)15/h1-8,10H,9H2. The largest absolute Gasteiger partial charge is 0.489 e. The predicted octanol–water partition coefficient (Wildman–Crippen LogP) is 4.15. The topological polar surface area (TPSA) is 22.4 Å². The van der Waals surface area contributed by atoms with E-state index in [9.17, 15) is 4.39 Å². The molecule has 18 heavy (non-hydrogen) atoms. The quantitative estimate of drug-likeness (QED) is 0.688. The first kappa shape index (κ1) is 10.8. The van der Waals surface area contributed by atoms with Gasteiger partial charge in [-0.2, -0.15) is 0 Å².